The highest BCUT2D eigenvalue weighted by molar-refractivity contribution is 5.77. The van der Waals surface area contributed by atoms with Crippen molar-refractivity contribution in [2.45, 2.75) is 19.4 Å². The van der Waals surface area contributed by atoms with E-state index in [0.717, 1.165) is 18.3 Å². The standard InChI is InChI=1S/C15H18N2O2/c1-2-19-15(18)12-9-16-8-7-11-10-5-3-4-6-13(10)17-14(11)12/h3-6,12,14,16H,2,7-9H2,1H3. The van der Waals surface area contributed by atoms with Gasteiger partial charge in [0.05, 0.1) is 23.9 Å². The monoisotopic (exact) mass is 258 g/mol. The Balaban J connectivity index is 2.03. The molecule has 0 bridgehead atoms. The van der Waals surface area contributed by atoms with Gasteiger partial charge in [-0.15, -0.1) is 0 Å². The second kappa shape index (κ2) is 5.13. The quantitative estimate of drug-likeness (QED) is 0.760. The van der Waals surface area contributed by atoms with Crippen LogP contribution in [0.25, 0.3) is 5.57 Å². The largest absolute Gasteiger partial charge is 0.466 e. The summed E-state index contributed by atoms with van der Waals surface area (Å²) in [5.41, 5.74) is 1.28. The molecule has 2 heterocycles. The molecular weight excluding hydrogens is 240 g/mol. The molecule has 4 heteroatoms. The van der Waals surface area contributed by atoms with Crippen LogP contribution in [0.1, 0.15) is 13.3 Å². The molecule has 0 amide bonds. The van der Waals surface area contributed by atoms with E-state index in [0.29, 0.717) is 13.2 Å². The first-order chi connectivity index (χ1) is 9.31. The lowest BCUT2D eigenvalue weighted by molar-refractivity contribution is -0.148. The summed E-state index contributed by atoms with van der Waals surface area (Å²) >= 11 is 0. The lowest BCUT2D eigenvalue weighted by Gasteiger charge is -2.19. The molecule has 1 aromatic rings. The molecule has 0 aliphatic carbocycles. The van der Waals surface area contributed by atoms with Gasteiger partial charge in [-0.05, 0) is 31.5 Å². The van der Waals surface area contributed by atoms with E-state index in [-0.39, 0.29) is 17.9 Å². The summed E-state index contributed by atoms with van der Waals surface area (Å²) in [6.07, 6.45) is 0.946. The molecule has 19 heavy (non-hydrogen) atoms. The van der Waals surface area contributed by atoms with Gasteiger partial charge in [0, 0.05) is 11.8 Å². The molecule has 0 spiro atoms. The average Bonchev–Trinajstić information content (AvgIpc) is 2.64. The van der Waals surface area contributed by atoms with E-state index in [2.05, 4.69) is 11.4 Å². The third kappa shape index (κ3) is 2.16. The van der Waals surface area contributed by atoms with Crippen LogP contribution in [0.2, 0.25) is 0 Å². The third-order valence-electron chi connectivity index (χ3n) is 3.79. The molecule has 3 rings (SSSR count). The molecule has 4 nitrogen and oxygen atoms in total. The summed E-state index contributed by atoms with van der Waals surface area (Å²) in [7, 11) is 0. The Morgan fingerprint density at radius 1 is 1.47 bits per heavy atom. The van der Waals surface area contributed by atoms with Gasteiger partial charge in [-0.25, -0.2) is 0 Å². The van der Waals surface area contributed by atoms with Crippen LogP contribution in [0.3, 0.4) is 0 Å². The zero-order valence-electron chi connectivity index (χ0n) is 11.1. The maximum Gasteiger partial charge on any atom is 0.312 e. The Bertz CT molecular complexity index is 609. The first-order valence-corrected chi connectivity index (χ1v) is 6.84. The second-order valence-corrected chi connectivity index (χ2v) is 4.93. The molecule has 0 aromatic heterocycles. The Morgan fingerprint density at radius 3 is 3.16 bits per heavy atom. The number of rotatable bonds is 2. The molecule has 0 saturated carbocycles. The lowest BCUT2D eigenvalue weighted by Crippen LogP contribution is -2.35. The van der Waals surface area contributed by atoms with Crippen LogP contribution in [-0.4, -0.2) is 31.7 Å². The number of hydrogen-bond acceptors (Lipinski definition) is 4. The second-order valence-electron chi connectivity index (χ2n) is 4.93. The fourth-order valence-corrected chi connectivity index (χ4v) is 2.91. The van der Waals surface area contributed by atoms with Crippen LogP contribution in [-0.2, 0) is 9.53 Å². The molecule has 100 valence electrons. The number of hydrogen-bond donors (Lipinski definition) is 1. The van der Waals surface area contributed by atoms with E-state index < -0.39 is 0 Å². The number of esters is 1. The Labute approximate surface area is 112 Å². The molecule has 2 unspecified atom stereocenters. The SMILES string of the molecule is CCOC(=O)C1CNCCC2=c3ccccc3=NC21. The van der Waals surface area contributed by atoms with Gasteiger partial charge in [-0.1, -0.05) is 18.2 Å². The Hall–Kier alpha value is -1.68. The molecule has 1 aromatic carbocycles. The third-order valence-corrected chi connectivity index (χ3v) is 3.79. The van der Waals surface area contributed by atoms with Gasteiger partial charge in [0.25, 0.3) is 0 Å². The van der Waals surface area contributed by atoms with Crippen LogP contribution in [0.4, 0.5) is 0 Å². The van der Waals surface area contributed by atoms with Crippen molar-refractivity contribution in [1.29, 1.82) is 0 Å². The number of carbonyl (C=O) groups excluding carboxylic acids is 1. The van der Waals surface area contributed by atoms with Crippen molar-refractivity contribution < 1.29 is 9.53 Å². The number of fused-ring (bicyclic) bond motifs is 2. The maximum atomic E-state index is 12.1. The number of benzene rings is 1. The van der Waals surface area contributed by atoms with Gasteiger partial charge in [0.1, 0.15) is 0 Å². The van der Waals surface area contributed by atoms with Crippen molar-refractivity contribution in [1.82, 2.24) is 5.32 Å². The number of carbonyl (C=O) groups is 1. The van der Waals surface area contributed by atoms with Crippen molar-refractivity contribution in [2.24, 2.45) is 10.9 Å². The Kier molecular flexibility index (Phi) is 3.34. The summed E-state index contributed by atoms with van der Waals surface area (Å²) in [6, 6.07) is 8.09. The average molecular weight is 258 g/mol. The predicted octanol–water partition coefficient (Wildman–Crippen LogP) is 0.0117. The number of ether oxygens (including phenoxy) is 1. The van der Waals surface area contributed by atoms with Crippen molar-refractivity contribution in [2.75, 3.05) is 19.7 Å². The summed E-state index contributed by atoms with van der Waals surface area (Å²) in [6.45, 7) is 3.80. The zero-order valence-corrected chi connectivity index (χ0v) is 11.1. The summed E-state index contributed by atoms with van der Waals surface area (Å²) in [4.78, 5) is 16.8. The minimum absolute atomic E-state index is 0.0496. The van der Waals surface area contributed by atoms with Gasteiger partial charge in [-0.3, -0.25) is 9.79 Å². The van der Waals surface area contributed by atoms with Crippen molar-refractivity contribution in [3.8, 4) is 0 Å². The minimum Gasteiger partial charge on any atom is -0.466 e. The van der Waals surface area contributed by atoms with Gasteiger partial charge in [0.15, 0.2) is 0 Å². The number of nitrogens with one attached hydrogen (secondary N) is 1. The van der Waals surface area contributed by atoms with Crippen LogP contribution >= 0.6 is 0 Å². The van der Waals surface area contributed by atoms with Gasteiger partial charge in [0.2, 0.25) is 0 Å². The van der Waals surface area contributed by atoms with E-state index in [1.165, 1.54) is 10.8 Å². The molecule has 2 aliphatic heterocycles. The topological polar surface area (TPSA) is 50.7 Å². The fraction of sp³-hybridized carbons (Fsp3) is 0.467. The van der Waals surface area contributed by atoms with Gasteiger partial charge >= 0.3 is 5.97 Å². The number of para-hydroxylation sites is 1. The Morgan fingerprint density at radius 2 is 2.32 bits per heavy atom. The van der Waals surface area contributed by atoms with Gasteiger partial charge in [-0.2, -0.15) is 0 Å². The van der Waals surface area contributed by atoms with E-state index in [1.54, 1.807) is 0 Å². The first-order valence-electron chi connectivity index (χ1n) is 6.84. The smallest absolute Gasteiger partial charge is 0.312 e. The summed E-state index contributed by atoms with van der Waals surface area (Å²) in [5, 5.41) is 5.53. The molecular formula is C15H18N2O2. The highest BCUT2D eigenvalue weighted by Gasteiger charge is 2.35. The normalized spacial score (nSPS) is 25.0. The fourth-order valence-electron chi connectivity index (χ4n) is 2.91. The van der Waals surface area contributed by atoms with Gasteiger partial charge < -0.3 is 10.1 Å². The summed E-state index contributed by atoms with van der Waals surface area (Å²) in [5.74, 6) is -0.346. The first kappa shape index (κ1) is 12.4. The maximum absolute atomic E-state index is 12.1. The highest BCUT2D eigenvalue weighted by Crippen LogP contribution is 2.24. The van der Waals surface area contributed by atoms with Crippen LogP contribution in [0.5, 0.6) is 0 Å². The molecule has 2 atom stereocenters. The molecule has 2 aliphatic rings. The van der Waals surface area contributed by atoms with E-state index in [4.69, 9.17) is 9.73 Å². The number of nitrogens with zero attached hydrogens (tertiary/aromatic N) is 1. The molecule has 1 fully saturated rings. The molecule has 1 N–H and O–H groups in total. The van der Waals surface area contributed by atoms with E-state index in [1.807, 2.05) is 25.1 Å². The van der Waals surface area contributed by atoms with E-state index >= 15 is 0 Å². The minimum atomic E-state index is -0.204. The highest BCUT2D eigenvalue weighted by atomic mass is 16.5. The lowest BCUT2D eigenvalue weighted by atomic mass is 9.93. The van der Waals surface area contributed by atoms with Crippen molar-refractivity contribution >= 4 is 11.5 Å². The van der Waals surface area contributed by atoms with Crippen LogP contribution in [0.15, 0.2) is 29.3 Å². The van der Waals surface area contributed by atoms with Crippen LogP contribution in [0, 0.1) is 5.92 Å². The zero-order chi connectivity index (χ0) is 13.2. The van der Waals surface area contributed by atoms with E-state index in [9.17, 15) is 4.79 Å². The van der Waals surface area contributed by atoms with Crippen molar-refractivity contribution in [3.05, 3.63) is 34.8 Å². The van der Waals surface area contributed by atoms with Crippen LogP contribution < -0.4 is 15.9 Å². The van der Waals surface area contributed by atoms with Crippen molar-refractivity contribution in [3.63, 3.8) is 0 Å². The summed E-state index contributed by atoms with van der Waals surface area (Å²) < 4.78 is 5.19. The predicted molar refractivity (Wildman–Crippen MR) is 72.0 cm³/mol. The molecule has 0 radical (unpaired) electrons. The molecule has 1 saturated heterocycles.